The Hall–Kier alpha value is -4.18. The molecule has 3 aromatic carbocycles. The summed E-state index contributed by atoms with van der Waals surface area (Å²) < 4.78 is 0. The number of aromatic nitrogens is 3. The largest absolute Gasteiger partial charge is 3.00 e. The second kappa shape index (κ2) is 12.7. The molecule has 180 valence electrons. The normalized spacial score (nSPS) is 10.1. The fourth-order valence-electron chi connectivity index (χ4n) is 3.88. The van der Waals surface area contributed by atoms with Crippen LogP contribution in [0.25, 0.3) is 32.7 Å². The average Bonchev–Trinajstić information content (AvgIpc) is 2.91. The van der Waals surface area contributed by atoms with Gasteiger partial charge in [0.2, 0.25) is 0 Å². The molecule has 0 unspecified atom stereocenters. The molecule has 0 aliphatic rings. The van der Waals surface area contributed by atoms with Crippen molar-refractivity contribution in [1.29, 1.82) is 0 Å². The Labute approximate surface area is 226 Å². The van der Waals surface area contributed by atoms with Crippen LogP contribution in [0.5, 0.6) is 17.2 Å². The molecule has 6 aromatic rings. The Morgan fingerprint density at radius 3 is 1.70 bits per heavy atom. The van der Waals surface area contributed by atoms with Crippen molar-refractivity contribution in [2.75, 3.05) is 0 Å². The number of benzene rings is 3. The zero-order valence-corrected chi connectivity index (χ0v) is 21.7. The third-order valence-electron chi connectivity index (χ3n) is 5.75. The quantitative estimate of drug-likeness (QED) is 0.309. The standard InChI is InChI=1S/C11H11NO.C10H9NO.C9H7NO.Al/c1-2-8-6-7-12-11-9(8)4-3-5-10(11)13;1-7-5-6-11-10-8(7)3-2-4-9(10)12;11-8-5-1-3-7-4-2-6-10-9(7)8;/h3-7,13H,2H2,1H3;2-6,12H,1H3;1-6,11H;/q;;;+3/p-3. The fourth-order valence-corrected chi connectivity index (χ4v) is 3.88. The van der Waals surface area contributed by atoms with E-state index in [1.54, 1.807) is 42.9 Å². The minimum atomic E-state index is -0.0110. The van der Waals surface area contributed by atoms with Gasteiger partial charge in [-0.1, -0.05) is 84.8 Å². The molecule has 6 nitrogen and oxygen atoms in total. The number of pyridine rings is 3. The van der Waals surface area contributed by atoms with E-state index >= 15 is 0 Å². The minimum absolute atomic E-state index is 0. The Morgan fingerprint density at radius 1 is 0.568 bits per heavy atom. The number of para-hydroxylation sites is 3. The van der Waals surface area contributed by atoms with Gasteiger partial charge in [0.1, 0.15) is 0 Å². The predicted molar refractivity (Wildman–Crippen MR) is 143 cm³/mol. The molecule has 0 atom stereocenters. The van der Waals surface area contributed by atoms with Crippen molar-refractivity contribution in [3.63, 3.8) is 0 Å². The summed E-state index contributed by atoms with van der Waals surface area (Å²) in [7, 11) is 0. The molecule has 37 heavy (non-hydrogen) atoms. The van der Waals surface area contributed by atoms with E-state index in [0.717, 1.165) is 28.1 Å². The topological polar surface area (TPSA) is 108 Å². The van der Waals surface area contributed by atoms with Gasteiger partial charge in [-0.25, -0.2) is 0 Å². The van der Waals surface area contributed by atoms with Crippen LogP contribution in [0.2, 0.25) is 0 Å². The van der Waals surface area contributed by atoms with E-state index in [1.165, 1.54) is 17.7 Å². The van der Waals surface area contributed by atoms with Crippen LogP contribution in [-0.2, 0) is 6.42 Å². The summed E-state index contributed by atoms with van der Waals surface area (Å²) in [5, 5.41) is 36.6. The van der Waals surface area contributed by atoms with Gasteiger partial charge in [-0.2, -0.15) is 0 Å². The number of hydrogen-bond acceptors (Lipinski definition) is 6. The van der Waals surface area contributed by atoms with Crippen LogP contribution in [0.1, 0.15) is 18.1 Å². The molecular weight excluding hydrogens is 477 g/mol. The van der Waals surface area contributed by atoms with Crippen molar-refractivity contribution >= 4 is 50.1 Å². The van der Waals surface area contributed by atoms with E-state index in [1.807, 2.05) is 49.4 Å². The van der Waals surface area contributed by atoms with Gasteiger partial charge < -0.3 is 15.3 Å². The van der Waals surface area contributed by atoms with Crippen LogP contribution in [0.4, 0.5) is 0 Å². The third kappa shape index (κ3) is 6.34. The van der Waals surface area contributed by atoms with E-state index < -0.39 is 0 Å². The maximum absolute atomic E-state index is 11.4. The summed E-state index contributed by atoms with van der Waals surface area (Å²) >= 11 is 0. The summed E-state index contributed by atoms with van der Waals surface area (Å²) in [6, 6.07) is 23.2. The number of aryl methyl sites for hydroxylation is 2. The Kier molecular flexibility index (Phi) is 9.40. The molecule has 0 saturated heterocycles. The van der Waals surface area contributed by atoms with Crippen LogP contribution in [0.3, 0.4) is 0 Å². The molecule has 6 rings (SSSR count). The molecule has 3 aromatic heterocycles. The van der Waals surface area contributed by atoms with E-state index in [-0.39, 0.29) is 34.6 Å². The minimum Gasteiger partial charge on any atom is -0.871 e. The molecule has 0 radical (unpaired) electrons. The summed E-state index contributed by atoms with van der Waals surface area (Å²) in [4.78, 5) is 12.1. The van der Waals surface area contributed by atoms with E-state index in [4.69, 9.17) is 0 Å². The van der Waals surface area contributed by atoms with Crippen LogP contribution in [0, 0.1) is 6.92 Å². The van der Waals surface area contributed by atoms with Crippen LogP contribution < -0.4 is 15.3 Å². The third-order valence-corrected chi connectivity index (χ3v) is 5.75. The predicted octanol–water partition coefficient (Wildman–Crippen LogP) is 4.42. The van der Waals surface area contributed by atoms with Crippen molar-refractivity contribution in [2.45, 2.75) is 20.3 Å². The molecule has 0 amide bonds. The molecule has 0 saturated carbocycles. The molecule has 0 aliphatic heterocycles. The van der Waals surface area contributed by atoms with Crippen molar-refractivity contribution in [3.05, 3.63) is 109 Å². The SMILES string of the molecule is CCc1ccnc2c([O-])cccc12.Cc1ccnc2c([O-])cccc12.[Al+3].[O-]c1cccc2cccnc12. The van der Waals surface area contributed by atoms with Crippen molar-refractivity contribution in [2.24, 2.45) is 0 Å². The summed E-state index contributed by atoms with van der Waals surface area (Å²) in [5.41, 5.74) is 3.98. The van der Waals surface area contributed by atoms with E-state index in [0.29, 0.717) is 16.6 Å². The van der Waals surface area contributed by atoms with Crippen LogP contribution in [-0.4, -0.2) is 32.3 Å². The van der Waals surface area contributed by atoms with Gasteiger partial charge in [0.25, 0.3) is 0 Å². The Bertz CT molecular complexity index is 1590. The van der Waals surface area contributed by atoms with Gasteiger partial charge in [0.05, 0.1) is 16.6 Å². The number of nitrogens with zero attached hydrogens (tertiary/aromatic N) is 3. The first-order valence-corrected chi connectivity index (χ1v) is 11.5. The van der Waals surface area contributed by atoms with Crippen LogP contribution >= 0.6 is 0 Å². The first-order chi connectivity index (χ1) is 17.5. The second-order valence-electron chi connectivity index (χ2n) is 8.09. The second-order valence-corrected chi connectivity index (χ2v) is 8.09. The van der Waals surface area contributed by atoms with Gasteiger partial charge in [-0.05, 0) is 48.1 Å². The first-order valence-electron chi connectivity index (χ1n) is 11.5. The molecule has 3 heterocycles. The van der Waals surface area contributed by atoms with E-state index in [2.05, 4.69) is 21.9 Å². The Morgan fingerprint density at radius 2 is 1.08 bits per heavy atom. The molecule has 0 N–H and O–H groups in total. The van der Waals surface area contributed by atoms with Gasteiger partial charge >= 0.3 is 17.4 Å². The van der Waals surface area contributed by atoms with Crippen LogP contribution in [0.15, 0.2) is 97.5 Å². The average molecular weight is 502 g/mol. The Balaban J connectivity index is 0.000000153. The zero-order valence-electron chi connectivity index (χ0n) is 20.6. The molecule has 0 spiro atoms. The number of fused-ring (bicyclic) bond motifs is 3. The molecular formula is C30H24AlN3O3. The summed E-state index contributed by atoms with van der Waals surface area (Å²) in [6.45, 7) is 4.05. The zero-order chi connectivity index (χ0) is 25.5. The van der Waals surface area contributed by atoms with Crippen molar-refractivity contribution in [1.82, 2.24) is 15.0 Å². The van der Waals surface area contributed by atoms with Gasteiger partial charge in [-0.3, -0.25) is 15.0 Å². The number of hydrogen-bond donors (Lipinski definition) is 0. The van der Waals surface area contributed by atoms with Gasteiger partial charge in [0, 0.05) is 29.4 Å². The van der Waals surface area contributed by atoms with Gasteiger partial charge in [0.15, 0.2) is 0 Å². The molecule has 7 heteroatoms. The summed E-state index contributed by atoms with van der Waals surface area (Å²) in [6.07, 6.45) is 5.92. The van der Waals surface area contributed by atoms with E-state index in [9.17, 15) is 15.3 Å². The number of rotatable bonds is 1. The maximum Gasteiger partial charge on any atom is 3.00 e. The first kappa shape index (κ1) is 27.4. The summed E-state index contributed by atoms with van der Waals surface area (Å²) in [5.74, 6) is -0.00731. The fraction of sp³-hybridized carbons (Fsp3) is 0.100. The molecule has 0 bridgehead atoms. The maximum atomic E-state index is 11.4. The monoisotopic (exact) mass is 501 g/mol. The van der Waals surface area contributed by atoms with Crippen molar-refractivity contribution < 1.29 is 15.3 Å². The van der Waals surface area contributed by atoms with Gasteiger partial charge in [-0.15, -0.1) is 0 Å². The molecule has 0 fully saturated rings. The smallest absolute Gasteiger partial charge is 0.871 e. The van der Waals surface area contributed by atoms with Crippen molar-refractivity contribution in [3.8, 4) is 17.2 Å². The molecule has 0 aliphatic carbocycles.